The summed E-state index contributed by atoms with van der Waals surface area (Å²) >= 11 is 0. The number of carbonyl (C=O) groups is 1. The van der Waals surface area contributed by atoms with Crippen LogP contribution in [-0.4, -0.2) is 25.2 Å². The standard InChI is InChI=1S/C18H31NO2/c1-4-21-18(20)16-5-7-17(8-6-16)19-12-15-10-13(2)9-14(3)11-15/h9,13,15-17,19H,4-8,10-12H2,1-3H3. The summed E-state index contributed by atoms with van der Waals surface area (Å²) in [6.07, 6.45) is 9.16. The Hall–Kier alpha value is -0.830. The third-order valence-corrected chi connectivity index (χ3v) is 4.93. The van der Waals surface area contributed by atoms with Crippen LogP contribution < -0.4 is 5.32 Å². The molecule has 2 rings (SSSR count). The summed E-state index contributed by atoms with van der Waals surface area (Å²) in [6.45, 7) is 8.09. The molecule has 2 aliphatic carbocycles. The van der Waals surface area contributed by atoms with E-state index in [1.165, 1.54) is 12.8 Å². The molecule has 0 heterocycles. The van der Waals surface area contributed by atoms with Crippen molar-refractivity contribution in [1.82, 2.24) is 5.32 Å². The predicted molar refractivity (Wildman–Crippen MR) is 86.0 cm³/mol. The molecule has 0 aliphatic heterocycles. The van der Waals surface area contributed by atoms with Crippen molar-refractivity contribution < 1.29 is 9.53 Å². The van der Waals surface area contributed by atoms with Gasteiger partial charge in [-0.2, -0.15) is 0 Å². The van der Waals surface area contributed by atoms with Gasteiger partial charge in [-0.05, 0) is 70.8 Å². The SMILES string of the molecule is CCOC(=O)C1CCC(NCC2CC(C)=CC(C)C2)CC1. The summed E-state index contributed by atoms with van der Waals surface area (Å²) in [5.41, 5.74) is 1.55. The van der Waals surface area contributed by atoms with Gasteiger partial charge in [-0.1, -0.05) is 18.6 Å². The lowest BCUT2D eigenvalue weighted by Crippen LogP contribution is -2.38. The molecule has 3 heteroatoms. The largest absolute Gasteiger partial charge is 0.466 e. The maximum atomic E-state index is 11.7. The number of ether oxygens (including phenoxy) is 1. The fourth-order valence-electron chi connectivity index (χ4n) is 3.97. The molecule has 0 radical (unpaired) electrons. The second-order valence-corrected chi connectivity index (χ2v) is 7.00. The van der Waals surface area contributed by atoms with Gasteiger partial charge < -0.3 is 10.1 Å². The van der Waals surface area contributed by atoms with Crippen molar-refractivity contribution in [3.63, 3.8) is 0 Å². The number of esters is 1. The lowest BCUT2D eigenvalue weighted by atomic mass is 9.82. The van der Waals surface area contributed by atoms with Gasteiger partial charge in [0.25, 0.3) is 0 Å². The van der Waals surface area contributed by atoms with E-state index >= 15 is 0 Å². The summed E-state index contributed by atoms with van der Waals surface area (Å²) < 4.78 is 5.13. The fraction of sp³-hybridized carbons (Fsp3) is 0.833. The van der Waals surface area contributed by atoms with Crippen LogP contribution in [0.4, 0.5) is 0 Å². The van der Waals surface area contributed by atoms with Gasteiger partial charge in [-0.25, -0.2) is 0 Å². The van der Waals surface area contributed by atoms with Crippen LogP contribution in [0.1, 0.15) is 59.3 Å². The second kappa shape index (κ2) is 7.98. The monoisotopic (exact) mass is 293 g/mol. The number of allylic oxidation sites excluding steroid dienone is 2. The molecule has 0 saturated heterocycles. The molecule has 120 valence electrons. The Bertz CT molecular complexity index is 369. The molecule has 0 bridgehead atoms. The molecule has 0 amide bonds. The number of rotatable bonds is 5. The molecule has 0 spiro atoms. The van der Waals surface area contributed by atoms with E-state index in [1.807, 2.05) is 6.92 Å². The lowest BCUT2D eigenvalue weighted by Gasteiger charge is -2.31. The Balaban J connectivity index is 1.67. The van der Waals surface area contributed by atoms with E-state index in [9.17, 15) is 4.79 Å². The molecule has 0 aromatic rings. The van der Waals surface area contributed by atoms with Crippen LogP contribution in [-0.2, 0) is 9.53 Å². The van der Waals surface area contributed by atoms with E-state index in [4.69, 9.17) is 4.74 Å². The van der Waals surface area contributed by atoms with Gasteiger partial charge in [0.05, 0.1) is 12.5 Å². The third-order valence-electron chi connectivity index (χ3n) is 4.93. The van der Waals surface area contributed by atoms with E-state index in [0.717, 1.165) is 44.1 Å². The molecule has 0 aromatic carbocycles. The summed E-state index contributed by atoms with van der Waals surface area (Å²) in [7, 11) is 0. The zero-order valence-corrected chi connectivity index (χ0v) is 13.9. The maximum absolute atomic E-state index is 11.7. The van der Waals surface area contributed by atoms with Crippen molar-refractivity contribution in [3.8, 4) is 0 Å². The predicted octanol–water partition coefficient (Wildman–Crippen LogP) is 3.69. The zero-order valence-electron chi connectivity index (χ0n) is 13.9. The highest BCUT2D eigenvalue weighted by Crippen LogP contribution is 2.29. The summed E-state index contributed by atoms with van der Waals surface area (Å²) in [4.78, 5) is 11.7. The molecule has 1 N–H and O–H groups in total. The molecule has 2 unspecified atom stereocenters. The van der Waals surface area contributed by atoms with Gasteiger partial charge in [-0.15, -0.1) is 0 Å². The molecule has 2 aliphatic rings. The quantitative estimate of drug-likeness (QED) is 0.620. The first-order valence-corrected chi connectivity index (χ1v) is 8.65. The topological polar surface area (TPSA) is 38.3 Å². The molecular formula is C18H31NO2. The van der Waals surface area contributed by atoms with Crippen LogP contribution in [0, 0.1) is 17.8 Å². The Morgan fingerprint density at radius 3 is 2.67 bits per heavy atom. The highest BCUT2D eigenvalue weighted by Gasteiger charge is 2.27. The van der Waals surface area contributed by atoms with Crippen molar-refractivity contribution >= 4 is 5.97 Å². The first-order valence-electron chi connectivity index (χ1n) is 8.65. The van der Waals surface area contributed by atoms with E-state index < -0.39 is 0 Å². The Morgan fingerprint density at radius 2 is 2.05 bits per heavy atom. The average Bonchev–Trinajstić information content (AvgIpc) is 2.45. The van der Waals surface area contributed by atoms with Gasteiger partial charge in [0.2, 0.25) is 0 Å². The van der Waals surface area contributed by atoms with Crippen LogP contribution in [0.2, 0.25) is 0 Å². The molecule has 2 atom stereocenters. The summed E-state index contributed by atoms with van der Waals surface area (Å²) in [6, 6.07) is 0.595. The van der Waals surface area contributed by atoms with Crippen molar-refractivity contribution in [2.24, 2.45) is 17.8 Å². The van der Waals surface area contributed by atoms with Crippen molar-refractivity contribution in [2.75, 3.05) is 13.2 Å². The van der Waals surface area contributed by atoms with E-state index in [2.05, 4.69) is 25.2 Å². The van der Waals surface area contributed by atoms with Crippen LogP contribution in [0.15, 0.2) is 11.6 Å². The van der Waals surface area contributed by atoms with Crippen molar-refractivity contribution in [3.05, 3.63) is 11.6 Å². The van der Waals surface area contributed by atoms with Gasteiger partial charge in [-0.3, -0.25) is 4.79 Å². The minimum Gasteiger partial charge on any atom is -0.466 e. The summed E-state index contributed by atoms with van der Waals surface area (Å²) in [5.74, 6) is 1.67. The van der Waals surface area contributed by atoms with Gasteiger partial charge >= 0.3 is 5.97 Å². The van der Waals surface area contributed by atoms with Crippen LogP contribution in [0.5, 0.6) is 0 Å². The second-order valence-electron chi connectivity index (χ2n) is 7.00. The van der Waals surface area contributed by atoms with Crippen LogP contribution >= 0.6 is 0 Å². The first kappa shape index (κ1) is 16.5. The number of hydrogen-bond donors (Lipinski definition) is 1. The average molecular weight is 293 g/mol. The zero-order chi connectivity index (χ0) is 15.2. The smallest absolute Gasteiger partial charge is 0.308 e. The van der Waals surface area contributed by atoms with Gasteiger partial charge in [0.1, 0.15) is 0 Å². The summed E-state index contributed by atoms with van der Waals surface area (Å²) in [5, 5.41) is 3.74. The third kappa shape index (κ3) is 5.14. The van der Waals surface area contributed by atoms with Gasteiger partial charge in [0, 0.05) is 6.04 Å². The Labute approximate surface area is 129 Å². The lowest BCUT2D eigenvalue weighted by molar-refractivity contribution is -0.149. The molecule has 1 fully saturated rings. The highest BCUT2D eigenvalue weighted by atomic mass is 16.5. The van der Waals surface area contributed by atoms with Crippen molar-refractivity contribution in [1.29, 1.82) is 0 Å². The molecule has 1 saturated carbocycles. The maximum Gasteiger partial charge on any atom is 0.308 e. The molecular weight excluding hydrogens is 262 g/mol. The Morgan fingerprint density at radius 1 is 1.33 bits per heavy atom. The molecule has 0 aromatic heterocycles. The highest BCUT2D eigenvalue weighted by molar-refractivity contribution is 5.72. The van der Waals surface area contributed by atoms with Gasteiger partial charge in [0.15, 0.2) is 0 Å². The van der Waals surface area contributed by atoms with E-state index in [-0.39, 0.29) is 11.9 Å². The Kier molecular flexibility index (Phi) is 6.28. The molecule has 21 heavy (non-hydrogen) atoms. The number of hydrogen-bond acceptors (Lipinski definition) is 3. The van der Waals surface area contributed by atoms with E-state index in [0.29, 0.717) is 12.6 Å². The minimum atomic E-state index is 0.0119. The van der Waals surface area contributed by atoms with Crippen LogP contribution in [0.25, 0.3) is 0 Å². The number of carbonyl (C=O) groups excluding carboxylic acids is 1. The van der Waals surface area contributed by atoms with E-state index in [1.54, 1.807) is 5.57 Å². The van der Waals surface area contributed by atoms with Crippen molar-refractivity contribution in [2.45, 2.75) is 65.3 Å². The minimum absolute atomic E-state index is 0.0119. The fourth-order valence-corrected chi connectivity index (χ4v) is 3.97. The number of nitrogens with one attached hydrogen (secondary N) is 1. The van der Waals surface area contributed by atoms with Crippen LogP contribution in [0.3, 0.4) is 0 Å². The normalized spacial score (nSPS) is 33.4. The molecule has 3 nitrogen and oxygen atoms in total. The first-order chi connectivity index (χ1) is 10.1.